The first-order valence-electron chi connectivity index (χ1n) is 7.91. The summed E-state index contributed by atoms with van der Waals surface area (Å²) in [5, 5.41) is 7.42. The van der Waals surface area contributed by atoms with Gasteiger partial charge >= 0.3 is 0 Å². The van der Waals surface area contributed by atoms with Gasteiger partial charge in [0.1, 0.15) is 17.2 Å². The number of benzene rings is 2. The van der Waals surface area contributed by atoms with E-state index >= 15 is 0 Å². The maximum Gasteiger partial charge on any atom is 0.191 e. The summed E-state index contributed by atoms with van der Waals surface area (Å²) in [6.45, 7) is 1.06. The highest BCUT2D eigenvalue weighted by molar-refractivity contribution is 14.0. The zero-order chi connectivity index (χ0) is 16.8. The SMILES string of the molecule is CN=C(NCCc1cc2ccccc2o1)NCc1ccccc1F.I. The summed E-state index contributed by atoms with van der Waals surface area (Å²) in [6.07, 6.45) is 0.745. The van der Waals surface area contributed by atoms with Crippen LogP contribution in [-0.2, 0) is 13.0 Å². The van der Waals surface area contributed by atoms with Gasteiger partial charge in [0.25, 0.3) is 0 Å². The molecule has 4 nitrogen and oxygen atoms in total. The van der Waals surface area contributed by atoms with Crippen molar-refractivity contribution in [1.29, 1.82) is 0 Å². The Morgan fingerprint density at radius 2 is 1.84 bits per heavy atom. The number of hydrogen-bond donors (Lipinski definition) is 2. The number of nitrogens with one attached hydrogen (secondary N) is 2. The van der Waals surface area contributed by atoms with Gasteiger partial charge in [-0.25, -0.2) is 4.39 Å². The topological polar surface area (TPSA) is 49.6 Å². The molecule has 0 aliphatic rings. The zero-order valence-corrected chi connectivity index (χ0v) is 16.3. The van der Waals surface area contributed by atoms with Crippen LogP contribution in [0.25, 0.3) is 11.0 Å². The number of furan rings is 1. The van der Waals surface area contributed by atoms with Gasteiger partial charge in [-0.15, -0.1) is 24.0 Å². The third kappa shape index (κ3) is 5.19. The summed E-state index contributed by atoms with van der Waals surface area (Å²) in [6, 6.07) is 16.7. The Kier molecular flexibility index (Phi) is 7.24. The highest BCUT2D eigenvalue weighted by atomic mass is 127. The van der Waals surface area contributed by atoms with Crippen LogP contribution in [0.4, 0.5) is 4.39 Å². The second-order valence-corrected chi connectivity index (χ2v) is 5.44. The van der Waals surface area contributed by atoms with Crippen LogP contribution in [0.5, 0.6) is 0 Å². The molecule has 3 aromatic rings. The molecule has 0 unspecified atom stereocenters. The minimum absolute atomic E-state index is 0. The monoisotopic (exact) mass is 453 g/mol. The second-order valence-electron chi connectivity index (χ2n) is 5.44. The van der Waals surface area contributed by atoms with Gasteiger partial charge in [0, 0.05) is 37.5 Å². The van der Waals surface area contributed by atoms with E-state index in [9.17, 15) is 4.39 Å². The fraction of sp³-hybridized carbons (Fsp3) is 0.211. The predicted octanol–water partition coefficient (Wildman–Crippen LogP) is 4.10. The van der Waals surface area contributed by atoms with Crippen molar-refractivity contribution < 1.29 is 8.81 Å². The number of aliphatic imine (C=N–C) groups is 1. The van der Waals surface area contributed by atoms with Crippen LogP contribution in [0.2, 0.25) is 0 Å². The van der Waals surface area contributed by atoms with Crippen molar-refractivity contribution >= 4 is 40.9 Å². The summed E-state index contributed by atoms with van der Waals surface area (Å²) in [7, 11) is 1.69. The predicted molar refractivity (Wildman–Crippen MR) is 110 cm³/mol. The molecule has 0 saturated heterocycles. The van der Waals surface area contributed by atoms with Gasteiger partial charge in [-0.3, -0.25) is 4.99 Å². The van der Waals surface area contributed by atoms with E-state index in [4.69, 9.17) is 4.42 Å². The van der Waals surface area contributed by atoms with Gasteiger partial charge in [0.2, 0.25) is 0 Å². The van der Waals surface area contributed by atoms with Crippen LogP contribution in [0.1, 0.15) is 11.3 Å². The van der Waals surface area contributed by atoms with E-state index in [-0.39, 0.29) is 29.8 Å². The lowest BCUT2D eigenvalue weighted by atomic mass is 10.2. The molecule has 0 saturated carbocycles. The van der Waals surface area contributed by atoms with Crippen LogP contribution < -0.4 is 10.6 Å². The second kappa shape index (κ2) is 9.41. The fourth-order valence-corrected chi connectivity index (χ4v) is 2.51. The highest BCUT2D eigenvalue weighted by Gasteiger charge is 2.05. The van der Waals surface area contributed by atoms with E-state index in [1.165, 1.54) is 6.07 Å². The molecule has 2 N–H and O–H groups in total. The molecule has 0 atom stereocenters. The first kappa shape index (κ1) is 19.2. The Hall–Kier alpha value is -2.09. The quantitative estimate of drug-likeness (QED) is 0.348. The number of guanidine groups is 1. The number of nitrogens with zero attached hydrogens (tertiary/aromatic N) is 1. The molecule has 1 aromatic heterocycles. The summed E-state index contributed by atoms with van der Waals surface area (Å²) < 4.78 is 19.4. The number of rotatable bonds is 5. The van der Waals surface area contributed by atoms with E-state index in [1.54, 1.807) is 19.2 Å². The molecular weight excluding hydrogens is 432 g/mol. The Labute approximate surface area is 163 Å². The van der Waals surface area contributed by atoms with Crippen LogP contribution in [0.3, 0.4) is 0 Å². The average Bonchev–Trinajstić information content (AvgIpc) is 3.02. The Bertz CT molecular complexity index is 814. The molecule has 6 heteroatoms. The van der Waals surface area contributed by atoms with Gasteiger partial charge in [0.05, 0.1) is 0 Å². The maximum atomic E-state index is 13.6. The van der Waals surface area contributed by atoms with Gasteiger partial charge in [0.15, 0.2) is 5.96 Å². The molecule has 0 bridgehead atoms. The molecule has 2 aromatic carbocycles. The van der Waals surface area contributed by atoms with Gasteiger partial charge in [-0.1, -0.05) is 36.4 Å². The first-order chi connectivity index (χ1) is 11.8. The lowest BCUT2D eigenvalue weighted by Gasteiger charge is -2.11. The third-order valence-corrected chi connectivity index (χ3v) is 3.77. The normalized spacial score (nSPS) is 11.2. The van der Waals surface area contributed by atoms with Crippen LogP contribution >= 0.6 is 24.0 Å². The standard InChI is InChI=1S/C19H20FN3O.HI/c1-21-19(23-13-15-7-2-4-8-17(15)20)22-11-10-16-12-14-6-3-5-9-18(14)24-16;/h2-9,12H,10-11,13H2,1H3,(H2,21,22,23);1H. The van der Waals surface area contributed by atoms with Gasteiger partial charge in [-0.2, -0.15) is 0 Å². The molecule has 0 fully saturated rings. The van der Waals surface area contributed by atoms with E-state index in [0.717, 1.165) is 23.2 Å². The molecular formula is C19H21FIN3O. The highest BCUT2D eigenvalue weighted by Crippen LogP contribution is 2.18. The minimum Gasteiger partial charge on any atom is -0.461 e. The third-order valence-electron chi connectivity index (χ3n) is 3.77. The molecule has 0 radical (unpaired) electrons. The van der Waals surface area contributed by atoms with E-state index in [0.29, 0.717) is 24.6 Å². The molecule has 25 heavy (non-hydrogen) atoms. The van der Waals surface area contributed by atoms with Crippen LogP contribution in [-0.4, -0.2) is 19.6 Å². The molecule has 0 aliphatic carbocycles. The zero-order valence-electron chi connectivity index (χ0n) is 14.0. The largest absolute Gasteiger partial charge is 0.461 e. The smallest absolute Gasteiger partial charge is 0.191 e. The van der Waals surface area contributed by atoms with Gasteiger partial charge in [-0.05, 0) is 18.2 Å². The number of hydrogen-bond acceptors (Lipinski definition) is 2. The van der Waals surface area contributed by atoms with Crippen LogP contribution in [0.15, 0.2) is 64.0 Å². The first-order valence-corrected chi connectivity index (χ1v) is 7.91. The summed E-state index contributed by atoms with van der Waals surface area (Å²) >= 11 is 0. The Morgan fingerprint density at radius 1 is 1.08 bits per heavy atom. The lowest BCUT2D eigenvalue weighted by Crippen LogP contribution is -2.38. The molecule has 132 valence electrons. The number of halogens is 2. The summed E-state index contributed by atoms with van der Waals surface area (Å²) in [4.78, 5) is 4.15. The Balaban J connectivity index is 0.00000225. The van der Waals surface area contributed by atoms with E-state index < -0.39 is 0 Å². The van der Waals surface area contributed by atoms with Crippen molar-refractivity contribution in [2.45, 2.75) is 13.0 Å². The van der Waals surface area contributed by atoms with E-state index in [1.807, 2.05) is 36.4 Å². The van der Waals surface area contributed by atoms with Crippen molar-refractivity contribution in [2.75, 3.05) is 13.6 Å². The minimum atomic E-state index is -0.220. The van der Waals surface area contributed by atoms with E-state index in [2.05, 4.69) is 15.6 Å². The van der Waals surface area contributed by atoms with Crippen LogP contribution in [0, 0.1) is 5.82 Å². The fourth-order valence-electron chi connectivity index (χ4n) is 2.51. The Morgan fingerprint density at radius 3 is 2.60 bits per heavy atom. The number of fused-ring (bicyclic) bond motifs is 1. The van der Waals surface area contributed by atoms with Crippen molar-refractivity contribution in [3.63, 3.8) is 0 Å². The molecule has 0 aliphatic heterocycles. The average molecular weight is 453 g/mol. The molecule has 1 heterocycles. The molecule has 3 rings (SSSR count). The van der Waals surface area contributed by atoms with Gasteiger partial charge < -0.3 is 15.1 Å². The summed E-state index contributed by atoms with van der Waals surface area (Å²) in [5.41, 5.74) is 1.51. The van der Waals surface area contributed by atoms with Crippen molar-refractivity contribution in [3.05, 3.63) is 71.7 Å². The van der Waals surface area contributed by atoms with Crippen molar-refractivity contribution in [3.8, 4) is 0 Å². The molecule has 0 amide bonds. The van der Waals surface area contributed by atoms with Crippen molar-refractivity contribution in [2.24, 2.45) is 4.99 Å². The van der Waals surface area contributed by atoms with Crippen molar-refractivity contribution in [1.82, 2.24) is 10.6 Å². The number of para-hydroxylation sites is 1. The lowest BCUT2D eigenvalue weighted by molar-refractivity contribution is 0.544. The maximum absolute atomic E-state index is 13.6. The molecule has 0 spiro atoms. The summed E-state index contributed by atoms with van der Waals surface area (Å²) in [5.74, 6) is 1.34.